The van der Waals surface area contributed by atoms with Crippen LogP contribution in [0, 0.1) is 0 Å². The first-order chi connectivity index (χ1) is 7.06. The Morgan fingerprint density at radius 1 is 1.40 bits per heavy atom. The predicted molar refractivity (Wildman–Crippen MR) is 56.5 cm³/mol. The van der Waals surface area contributed by atoms with Crippen molar-refractivity contribution in [1.29, 1.82) is 0 Å². The number of ether oxygens (including phenoxy) is 1. The van der Waals surface area contributed by atoms with Gasteiger partial charge in [-0.25, -0.2) is 4.79 Å². The molecule has 0 saturated heterocycles. The quantitative estimate of drug-likeness (QED) is 0.789. The zero-order valence-electron chi connectivity index (χ0n) is 8.33. The lowest BCUT2D eigenvalue weighted by Crippen LogP contribution is -2.23. The molecule has 1 rings (SSSR count). The van der Waals surface area contributed by atoms with E-state index in [4.69, 9.17) is 16.3 Å². The predicted octanol–water partition coefficient (Wildman–Crippen LogP) is 2.26. The van der Waals surface area contributed by atoms with E-state index in [1.807, 2.05) is 0 Å². The Morgan fingerprint density at radius 3 is 2.60 bits per heavy atom. The second kappa shape index (κ2) is 4.79. The maximum absolute atomic E-state index is 11.2. The summed E-state index contributed by atoms with van der Waals surface area (Å²) in [6.45, 7) is 1.38. The van der Waals surface area contributed by atoms with Crippen molar-refractivity contribution in [2.24, 2.45) is 0 Å². The average Bonchev–Trinajstić information content (AvgIpc) is 2.20. The number of amides is 1. The molecule has 0 spiro atoms. The summed E-state index contributed by atoms with van der Waals surface area (Å²) in [5.74, 6) is -0.123. The Bertz CT molecular complexity index is 404. The van der Waals surface area contributed by atoms with E-state index in [-0.39, 0.29) is 22.1 Å². The van der Waals surface area contributed by atoms with Gasteiger partial charge < -0.3 is 10.1 Å². The molecule has 0 aliphatic heterocycles. The molecule has 15 heavy (non-hydrogen) atoms. The van der Waals surface area contributed by atoms with Gasteiger partial charge in [0.15, 0.2) is 11.5 Å². The van der Waals surface area contributed by atoms with Crippen molar-refractivity contribution in [2.75, 3.05) is 7.05 Å². The molecule has 0 fully saturated rings. The highest BCUT2D eigenvalue weighted by atomic mass is 35.5. The Hall–Kier alpha value is -1.55. The molecule has 0 saturated carbocycles. The Morgan fingerprint density at radius 2 is 2.07 bits per heavy atom. The fourth-order valence-corrected chi connectivity index (χ4v) is 1.25. The minimum atomic E-state index is -0.661. The smallest absolute Gasteiger partial charge is 0.408 e. The molecule has 0 atom stereocenters. The third-order valence-corrected chi connectivity index (χ3v) is 2.04. The monoisotopic (exact) mass is 227 g/mol. The summed E-state index contributed by atoms with van der Waals surface area (Å²) in [6.07, 6.45) is -0.661. The van der Waals surface area contributed by atoms with Crippen LogP contribution in [-0.2, 0) is 0 Å². The van der Waals surface area contributed by atoms with Crippen LogP contribution in [0.25, 0.3) is 0 Å². The zero-order chi connectivity index (χ0) is 11.4. The second-order valence-corrected chi connectivity index (χ2v) is 3.22. The van der Waals surface area contributed by atoms with Gasteiger partial charge in [0, 0.05) is 7.05 Å². The molecule has 1 N–H and O–H groups in total. The molecule has 0 heterocycles. The molecule has 4 nitrogen and oxygen atoms in total. The fraction of sp³-hybridized carbons (Fsp3) is 0.200. The van der Waals surface area contributed by atoms with Gasteiger partial charge in [-0.1, -0.05) is 17.7 Å². The van der Waals surface area contributed by atoms with Gasteiger partial charge in [0.1, 0.15) is 0 Å². The number of rotatable bonds is 2. The van der Waals surface area contributed by atoms with E-state index in [0.29, 0.717) is 0 Å². The number of ketones is 1. The van der Waals surface area contributed by atoms with Crippen LogP contribution in [0.4, 0.5) is 4.79 Å². The Kier molecular flexibility index (Phi) is 3.68. The summed E-state index contributed by atoms with van der Waals surface area (Å²) in [5, 5.41) is 2.50. The molecule has 0 bridgehead atoms. The minimum Gasteiger partial charge on any atom is -0.408 e. The third kappa shape index (κ3) is 2.70. The van der Waals surface area contributed by atoms with E-state index < -0.39 is 6.09 Å². The highest BCUT2D eigenvalue weighted by molar-refractivity contribution is 6.32. The largest absolute Gasteiger partial charge is 0.412 e. The van der Waals surface area contributed by atoms with E-state index in [2.05, 4.69) is 5.32 Å². The number of Topliss-reactive ketones (excluding diaryl/α,β-unsaturated/α-hetero) is 1. The molecule has 80 valence electrons. The molecule has 1 aromatic carbocycles. The van der Waals surface area contributed by atoms with Crippen molar-refractivity contribution in [1.82, 2.24) is 5.32 Å². The molecule has 0 unspecified atom stereocenters. The first-order valence-electron chi connectivity index (χ1n) is 4.25. The first kappa shape index (κ1) is 11.5. The number of halogens is 1. The summed E-state index contributed by atoms with van der Waals surface area (Å²) in [5.41, 5.74) is 0.283. The number of nitrogens with one attached hydrogen (secondary N) is 1. The zero-order valence-corrected chi connectivity index (χ0v) is 9.09. The van der Waals surface area contributed by atoms with Crippen LogP contribution in [-0.4, -0.2) is 18.9 Å². The Balaban J connectivity index is 3.13. The Labute approximate surface area is 92.2 Å². The lowest BCUT2D eigenvalue weighted by atomic mass is 10.1. The molecule has 0 aliphatic carbocycles. The number of carbonyl (C=O) groups excluding carboxylic acids is 2. The third-order valence-electron chi connectivity index (χ3n) is 1.75. The van der Waals surface area contributed by atoms with Crippen LogP contribution in [0.2, 0.25) is 5.02 Å². The molecule has 5 heteroatoms. The van der Waals surface area contributed by atoms with E-state index >= 15 is 0 Å². The van der Waals surface area contributed by atoms with Crippen LogP contribution in [0.1, 0.15) is 17.3 Å². The molecular formula is C10H10ClNO3. The van der Waals surface area contributed by atoms with Gasteiger partial charge in [0.2, 0.25) is 0 Å². The highest BCUT2D eigenvalue weighted by Gasteiger charge is 2.14. The summed E-state index contributed by atoms with van der Waals surface area (Å²) >= 11 is 5.82. The van der Waals surface area contributed by atoms with Crippen molar-refractivity contribution >= 4 is 23.5 Å². The van der Waals surface area contributed by atoms with Gasteiger partial charge in [-0.05, 0) is 19.1 Å². The van der Waals surface area contributed by atoms with Crippen molar-refractivity contribution in [3.63, 3.8) is 0 Å². The summed E-state index contributed by atoms with van der Waals surface area (Å²) in [7, 11) is 1.42. The highest BCUT2D eigenvalue weighted by Crippen LogP contribution is 2.28. The van der Waals surface area contributed by atoms with Gasteiger partial charge in [-0.15, -0.1) is 0 Å². The van der Waals surface area contributed by atoms with E-state index in [1.54, 1.807) is 18.2 Å². The van der Waals surface area contributed by atoms with Gasteiger partial charge in [-0.2, -0.15) is 0 Å². The second-order valence-electron chi connectivity index (χ2n) is 2.81. The fourth-order valence-electron chi connectivity index (χ4n) is 1.03. The normalized spacial score (nSPS) is 9.53. The number of benzene rings is 1. The number of carbonyl (C=O) groups is 2. The van der Waals surface area contributed by atoms with Crippen LogP contribution >= 0.6 is 11.6 Å². The molecule has 0 aromatic heterocycles. The molecule has 0 radical (unpaired) electrons. The minimum absolute atomic E-state index is 0.0889. The van der Waals surface area contributed by atoms with Crippen molar-refractivity contribution < 1.29 is 14.3 Å². The van der Waals surface area contributed by atoms with Gasteiger partial charge in [0.25, 0.3) is 0 Å². The van der Waals surface area contributed by atoms with Crippen LogP contribution in [0.15, 0.2) is 18.2 Å². The lowest BCUT2D eigenvalue weighted by Gasteiger charge is -2.08. The van der Waals surface area contributed by atoms with Crippen molar-refractivity contribution in [2.45, 2.75) is 6.92 Å². The SMILES string of the molecule is CNC(=O)Oc1c(Cl)cccc1C(C)=O. The maximum Gasteiger partial charge on any atom is 0.412 e. The molecule has 1 aromatic rings. The molecule has 0 aliphatic rings. The van der Waals surface area contributed by atoms with E-state index in [0.717, 1.165) is 0 Å². The van der Waals surface area contributed by atoms with Crippen LogP contribution in [0.3, 0.4) is 0 Å². The van der Waals surface area contributed by atoms with Crippen molar-refractivity contribution in [3.8, 4) is 5.75 Å². The standard InChI is InChI=1S/C10H10ClNO3/c1-6(13)7-4-3-5-8(11)9(7)15-10(14)12-2/h3-5H,1-2H3,(H,12,14). The van der Waals surface area contributed by atoms with Gasteiger partial charge in [-0.3, -0.25) is 4.79 Å². The van der Waals surface area contributed by atoms with Crippen LogP contribution < -0.4 is 10.1 Å². The number of para-hydroxylation sites is 1. The number of hydrogen-bond acceptors (Lipinski definition) is 3. The van der Waals surface area contributed by atoms with Crippen molar-refractivity contribution in [3.05, 3.63) is 28.8 Å². The maximum atomic E-state index is 11.2. The van der Waals surface area contributed by atoms with Gasteiger partial charge >= 0.3 is 6.09 Å². The molecule has 1 amide bonds. The lowest BCUT2D eigenvalue weighted by molar-refractivity contribution is 0.101. The topological polar surface area (TPSA) is 55.4 Å². The first-order valence-corrected chi connectivity index (χ1v) is 4.63. The summed E-state index contributed by atoms with van der Waals surface area (Å²) < 4.78 is 4.88. The molecular weight excluding hydrogens is 218 g/mol. The summed E-state index contributed by atoms with van der Waals surface area (Å²) in [6, 6.07) is 4.72. The van der Waals surface area contributed by atoms with E-state index in [9.17, 15) is 9.59 Å². The van der Waals surface area contributed by atoms with Crippen LogP contribution in [0.5, 0.6) is 5.75 Å². The van der Waals surface area contributed by atoms with E-state index in [1.165, 1.54) is 14.0 Å². The average molecular weight is 228 g/mol. The van der Waals surface area contributed by atoms with Gasteiger partial charge in [0.05, 0.1) is 10.6 Å². The summed E-state index contributed by atoms with van der Waals surface area (Å²) in [4.78, 5) is 22.2. The number of hydrogen-bond donors (Lipinski definition) is 1.